The number of amides is 1. The van der Waals surface area contributed by atoms with Crippen LogP contribution in [0.3, 0.4) is 0 Å². The van der Waals surface area contributed by atoms with Crippen molar-refractivity contribution in [3.05, 3.63) is 82.6 Å². The molecule has 1 aliphatic rings. The minimum Gasteiger partial charge on any atom is -0.424 e. The van der Waals surface area contributed by atoms with E-state index in [1.807, 2.05) is 28.0 Å². The predicted molar refractivity (Wildman–Crippen MR) is 126 cm³/mol. The lowest BCUT2D eigenvalue weighted by atomic mass is 10.1. The number of nitriles is 2. The second-order valence-electron chi connectivity index (χ2n) is 8.45. The summed E-state index contributed by atoms with van der Waals surface area (Å²) < 4.78 is 19.3. The first-order valence-electron chi connectivity index (χ1n) is 11.3. The highest BCUT2D eigenvalue weighted by molar-refractivity contribution is 5.78. The highest BCUT2D eigenvalue weighted by Crippen LogP contribution is 2.23. The van der Waals surface area contributed by atoms with Gasteiger partial charge in [-0.25, -0.2) is 9.37 Å². The minimum absolute atomic E-state index is 0.0241. The number of aromatic nitrogens is 1. The molecule has 3 aromatic rings. The zero-order valence-corrected chi connectivity index (χ0v) is 19.4. The molecule has 0 bridgehead atoms. The summed E-state index contributed by atoms with van der Waals surface area (Å²) in [6.45, 7) is 4.82. The van der Waals surface area contributed by atoms with Crippen molar-refractivity contribution in [3.63, 3.8) is 0 Å². The highest BCUT2D eigenvalue weighted by atomic mass is 19.1. The molecule has 1 amide bonds. The summed E-state index contributed by atoms with van der Waals surface area (Å²) in [5.41, 5.74) is 2.57. The molecule has 0 radical (unpaired) electrons. The zero-order valence-electron chi connectivity index (χ0n) is 19.4. The lowest BCUT2D eigenvalue weighted by Crippen LogP contribution is -2.51. The number of piperazine rings is 1. The van der Waals surface area contributed by atoms with Gasteiger partial charge in [-0.3, -0.25) is 9.69 Å². The quantitative estimate of drug-likeness (QED) is 0.520. The average molecular weight is 473 g/mol. The van der Waals surface area contributed by atoms with Crippen molar-refractivity contribution in [3.8, 4) is 12.1 Å². The second-order valence-corrected chi connectivity index (χ2v) is 8.45. The Kier molecular flexibility index (Phi) is 7.39. The van der Waals surface area contributed by atoms with E-state index >= 15 is 0 Å². The number of nitrogens with zero attached hydrogens (tertiary/aromatic N) is 6. The topological polar surface area (TPSA) is 100 Å². The van der Waals surface area contributed by atoms with Crippen molar-refractivity contribution < 1.29 is 13.6 Å². The third kappa shape index (κ3) is 6.03. The van der Waals surface area contributed by atoms with Gasteiger partial charge in [0.15, 0.2) is 5.89 Å². The number of aryl methyl sites for hydroxylation is 1. The third-order valence-corrected chi connectivity index (χ3v) is 5.88. The first kappa shape index (κ1) is 23.9. The summed E-state index contributed by atoms with van der Waals surface area (Å²) in [7, 11) is 0. The van der Waals surface area contributed by atoms with E-state index in [1.54, 1.807) is 30.0 Å². The van der Waals surface area contributed by atoms with E-state index in [2.05, 4.69) is 17.1 Å². The monoisotopic (exact) mass is 472 g/mol. The smallest absolute Gasteiger partial charge is 0.236 e. The van der Waals surface area contributed by atoms with Gasteiger partial charge in [0.1, 0.15) is 11.9 Å². The number of rotatable bonds is 7. The number of benzene rings is 2. The summed E-state index contributed by atoms with van der Waals surface area (Å²) >= 11 is 0. The van der Waals surface area contributed by atoms with Gasteiger partial charge in [0, 0.05) is 46.2 Å². The van der Waals surface area contributed by atoms with E-state index in [0.717, 1.165) is 11.1 Å². The molecule has 0 N–H and O–H groups in total. The molecular formula is C26H25FN6O2. The molecule has 1 saturated heterocycles. The van der Waals surface area contributed by atoms with Crippen molar-refractivity contribution in [2.45, 2.75) is 20.0 Å². The molecule has 178 valence electrons. The molecule has 0 atom stereocenters. The largest absolute Gasteiger partial charge is 0.424 e. The molecule has 0 saturated carbocycles. The van der Waals surface area contributed by atoms with E-state index in [-0.39, 0.29) is 24.0 Å². The van der Waals surface area contributed by atoms with Gasteiger partial charge in [0.05, 0.1) is 18.2 Å². The Hall–Kier alpha value is -4.21. The van der Waals surface area contributed by atoms with Crippen molar-refractivity contribution in [1.29, 1.82) is 10.5 Å². The maximum absolute atomic E-state index is 13.8. The van der Waals surface area contributed by atoms with Gasteiger partial charge in [0.25, 0.3) is 0 Å². The molecule has 4 rings (SSSR count). The van der Waals surface area contributed by atoms with Crippen LogP contribution in [0.15, 0.2) is 52.9 Å². The average Bonchev–Trinajstić information content (AvgIpc) is 3.25. The SMILES string of the molecule is Cc1nc(C#N)c(N2CCN(C(=O)CN(Cc3ccc(C#N)cc3)Cc3cccc(F)c3)CC2)o1. The standard InChI is InChI=1S/C26H25FN6O2/c1-19-30-24(15-29)26(35-19)33-11-9-32(10-12-33)25(34)18-31(17-22-3-2-4-23(27)13-22)16-21-7-5-20(14-28)6-8-21/h2-8,13H,9-12,16-18H2,1H3. The summed E-state index contributed by atoms with van der Waals surface area (Å²) in [6, 6.07) is 17.8. The van der Waals surface area contributed by atoms with Gasteiger partial charge in [-0.05, 0) is 35.4 Å². The molecule has 0 aliphatic carbocycles. The lowest BCUT2D eigenvalue weighted by Gasteiger charge is -2.35. The van der Waals surface area contributed by atoms with Gasteiger partial charge in [-0.1, -0.05) is 24.3 Å². The Balaban J connectivity index is 1.42. The normalized spacial score (nSPS) is 13.5. The Morgan fingerprint density at radius 3 is 2.43 bits per heavy atom. The van der Waals surface area contributed by atoms with Crippen LogP contribution < -0.4 is 4.90 Å². The molecule has 0 spiro atoms. The van der Waals surface area contributed by atoms with E-state index in [0.29, 0.717) is 56.6 Å². The molecule has 8 nitrogen and oxygen atoms in total. The Labute approximate surface area is 203 Å². The van der Waals surface area contributed by atoms with E-state index in [4.69, 9.17) is 9.68 Å². The van der Waals surface area contributed by atoms with Gasteiger partial charge < -0.3 is 14.2 Å². The van der Waals surface area contributed by atoms with Gasteiger partial charge >= 0.3 is 0 Å². The molecule has 1 fully saturated rings. The Morgan fingerprint density at radius 1 is 1.06 bits per heavy atom. The molecule has 2 aromatic carbocycles. The van der Waals surface area contributed by atoms with Crippen LogP contribution in [-0.2, 0) is 17.9 Å². The molecule has 0 unspecified atom stereocenters. The molecule has 35 heavy (non-hydrogen) atoms. The number of oxazole rings is 1. The second kappa shape index (κ2) is 10.8. The van der Waals surface area contributed by atoms with Crippen LogP contribution in [-0.4, -0.2) is 53.4 Å². The maximum atomic E-state index is 13.8. The van der Waals surface area contributed by atoms with Crippen molar-refractivity contribution in [2.75, 3.05) is 37.6 Å². The summed E-state index contributed by atoms with van der Waals surface area (Å²) in [6.07, 6.45) is 0. The van der Waals surface area contributed by atoms with Crippen molar-refractivity contribution in [2.24, 2.45) is 0 Å². The van der Waals surface area contributed by atoms with Crippen molar-refractivity contribution >= 4 is 11.8 Å². The minimum atomic E-state index is -0.317. The molecule has 9 heteroatoms. The zero-order chi connectivity index (χ0) is 24.8. The van der Waals surface area contributed by atoms with Gasteiger partial charge in [-0.15, -0.1) is 0 Å². The summed E-state index contributed by atoms with van der Waals surface area (Å²) in [5.74, 6) is 0.545. The van der Waals surface area contributed by atoms with Gasteiger partial charge in [0.2, 0.25) is 17.5 Å². The Bertz CT molecular complexity index is 1270. The van der Waals surface area contributed by atoms with Crippen LogP contribution in [0.4, 0.5) is 10.3 Å². The molecule has 1 aromatic heterocycles. The van der Waals surface area contributed by atoms with Crippen molar-refractivity contribution in [1.82, 2.24) is 14.8 Å². The summed E-state index contributed by atoms with van der Waals surface area (Å²) in [5, 5.41) is 18.3. The number of carbonyl (C=O) groups is 1. The molecule has 2 heterocycles. The van der Waals surface area contributed by atoms with E-state index < -0.39 is 0 Å². The fraction of sp³-hybridized carbons (Fsp3) is 0.308. The first-order valence-corrected chi connectivity index (χ1v) is 11.3. The first-order chi connectivity index (χ1) is 16.9. The van der Waals surface area contributed by atoms with Crippen LogP contribution in [0.5, 0.6) is 0 Å². The molecular weight excluding hydrogens is 447 g/mol. The number of carbonyl (C=O) groups excluding carboxylic acids is 1. The number of anilines is 1. The van der Waals surface area contributed by atoms with Crippen LogP contribution in [0.1, 0.15) is 28.3 Å². The highest BCUT2D eigenvalue weighted by Gasteiger charge is 2.26. The Morgan fingerprint density at radius 2 is 1.77 bits per heavy atom. The van der Waals surface area contributed by atoms with Crippen LogP contribution in [0.25, 0.3) is 0 Å². The number of hydrogen-bond acceptors (Lipinski definition) is 7. The third-order valence-electron chi connectivity index (χ3n) is 5.88. The fourth-order valence-corrected chi connectivity index (χ4v) is 4.16. The van der Waals surface area contributed by atoms with Gasteiger partial charge in [-0.2, -0.15) is 10.5 Å². The van der Waals surface area contributed by atoms with E-state index in [1.165, 1.54) is 12.1 Å². The maximum Gasteiger partial charge on any atom is 0.236 e. The van der Waals surface area contributed by atoms with E-state index in [9.17, 15) is 14.4 Å². The number of halogens is 1. The predicted octanol–water partition coefficient (Wildman–Crippen LogP) is 3.22. The van der Waals surface area contributed by atoms with Crippen LogP contribution in [0, 0.1) is 35.4 Å². The fourth-order valence-electron chi connectivity index (χ4n) is 4.16. The molecule has 1 aliphatic heterocycles. The lowest BCUT2D eigenvalue weighted by molar-refractivity contribution is -0.133. The number of hydrogen-bond donors (Lipinski definition) is 0. The summed E-state index contributed by atoms with van der Waals surface area (Å²) in [4.78, 5) is 23.0. The van der Waals surface area contributed by atoms with Crippen LogP contribution >= 0.6 is 0 Å². The van der Waals surface area contributed by atoms with Crippen LogP contribution in [0.2, 0.25) is 0 Å².